The maximum Gasteiger partial charge on any atom is 0.490 e. The quantitative estimate of drug-likeness (QED) is 0.824. The van der Waals surface area contributed by atoms with Gasteiger partial charge in [-0.1, -0.05) is 6.07 Å². The van der Waals surface area contributed by atoms with Gasteiger partial charge in [0.25, 0.3) is 5.91 Å². The number of carboxylic acids is 1. The number of piperidine rings is 1. The van der Waals surface area contributed by atoms with Gasteiger partial charge in [0.15, 0.2) is 0 Å². The average molecular weight is 413 g/mol. The minimum Gasteiger partial charge on any atom is -0.475 e. The highest BCUT2D eigenvalue weighted by molar-refractivity contribution is 5.92. The molecule has 2 aliphatic heterocycles. The highest BCUT2D eigenvalue weighted by Gasteiger charge is 2.45. The number of aromatic nitrogens is 1. The number of carbonyl (C=O) groups excluding carboxylic acids is 1. The molecule has 0 bridgehead atoms. The highest BCUT2D eigenvalue weighted by atomic mass is 19.4. The van der Waals surface area contributed by atoms with Crippen molar-refractivity contribution >= 4 is 11.9 Å². The van der Waals surface area contributed by atoms with Gasteiger partial charge in [-0.15, -0.1) is 0 Å². The van der Waals surface area contributed by atoms with Crippen LogP contribution in [0.2, 0.25) is 0 Å². The first-order valence-electron chi connectivity index (χ1n) is 9.97. The summed E-state index contributed by atoms with van der Waals surface area (Å²) in [6, 6.07) is 5.57. The van der Waals surface area contributed by atoms with E-state index < -0.39 is 12.1 Å². The number of hydrogen-bond donors (Lipinski definition) is 1. The summed E-state index contributed by atoms with van der Waals surface area (Å²) in [6.45, 7) is 4.34. The molecule has 4 rings (SSSR count). The van der Waals surface area contributed by atoms with E-state index in [1.165, 1.54) is 38.8 Å². The number of alkyl halides is 3. The fraction of sp³-hybridized carbons (Fsp3) is 0.650. The molecule has 1 aliphatic carbocycles. The Morgan fingerprint density at radius 1 is 1.14 bits per heavy atom. The Morgan fingerprint density at radius 3 is 2.31 bits per heavy atom. The molecule has 3 fully saturated rings. The molecular weight excluding hydrogens is 387 g/mol. The van der Waals surface area contributed by atoms with Crippen LogP contribution >= 0.6 is 0 Å². The molecule has 1 spiro atoms. The van der Waals surface area contributed by atoms with Gasteiger partial charge in [-0.05, 0) is 63.1 Å². The van der Waals surface area contributed by atoms with Gasteiger partial charge in [0.05, 0.1) is 0 Å². The van der Waals surface area contributed by atoms with E-state index in [-0.39, 0.29) is 5.91 Å². The minimum absolute atomic E-state index is 0.0992. The normalized spacial score (nSPS) is 21.6. The fourth-order valence-corrected chi connectivity index (χ4v) is 4.23. The zero-order valence-electron chi connectivity index (χ0n) is 16.2. The molecule has 1 saturated carbocycles. The van der Waals surface area contributed by atoms with E-state index in [4.69, 9.17) is 9.90 Å². The third-order valence-corrected chi connectivity index (χ3v) is 6.02. The van der Waals surface area contributed by atoms with E-state index in [1.54, 1.807) is 6.20 Å². The van der Waals surface area contributed by atoms with Crippen molar-refractivity contribution in [2.75, 3.05) is 26.2 Å². The number of halogens is 3. The summed E-state index contributed by atoms with van der Waals surface area (Å²) >= 11 is 0. The lowest BCUT2D eigenvalue weighted by molar-refractivity contribution is -0.192. The van der Waals surface area contributed by atoms with Crippen molar-refractivity contribution in [2.45, 2.75) is 50.2 Å². The van der Waals surface area contributed by atoms with Crippen LogP contribution in [-0.4, -0.2) is 69.7 Å². The smallest absolute Gasteiger partial charge is 0.475 e. The first-order chi connectivity index (χ1) is 13.7. The van der Waals surface area contributed by atoms with Gasteiger partial charge in [0, 0.05) is 31.4 Å². The SMILES string of the molecule is O=C(O)C(F)(F)F.O=C(c1ccccn1)N1CCC2(CCCN2CC2CC2)CC1. The molecule has 1 amide bonds. The molecule has 160 valence electrons. The number of hydrogen-bond acceptors (Lipinski definition) is 4. The van der Waals surface area contributed by atoms with Gasteiger partial charge in [-0.25, -0.2) is 4.79 Å². The number of pyridine rings is 1. The lowest BCUT2D eigenvalue weighted by Gasteiger charge is -2.45. The molecule has 2 saturated heterocycles. The van der Waals surface area contributed by atoms with E-state index >= 15 is 0 Å². The average Bonchev–Trinajstić information content (AvgIpc) is 3.44. The van der Waals surface area contributed by atoms with Crippen LogP contribution in [0.25, 0.3) is 0 Å². The van der Waals surface area contributed by atoms with Crippen molar-refractivity contribution in [1.82, 2.24) is 14.8 Å². The standard InChI is InChI=1S/C18H25N3O.C2HF3O2/c22-17(16-4-1-2-10-19-16)20-12-8-18(9-13-20)7-3-11-21(18)14-15-5-6-15;3-2(4,5)1(6)7/h1-2,4,10,15H,3,5-9,11-14H2;(H,6,7). The maximum atomic E-state index is 12.5. The number of carbonyl (C=O) groups is 2. The van der Waals surface area contributed by atoms with Crippen molar-refractivity contribution in [3.8, 4) is 0 Å². The number of likely N-dealkylation sites (tertiary alicyclic amines) is 2. The second kappa shape index (κ2) is 8.69. The van der Waals surface area contributed by atoms with E-state index in [1.807, 2.05) is 23.1 Å². The topological polar surface area (TPSA) is 73.7 Å². The van der Waals surface area contributed by atoms with E-state index in [0.29, 0.717) is 11.2 Å². The molecule has 9 heteroatoms. The van der Waals surface area contributed by atoms with Crippen LogP contribution in [0.1, 0.15) is 49.0 Å². The molecule has 6 nitrogen and oxygen atoms in total. The first-order valence-corrected chi connectivity index (χ1v) is 9.97. The van der Waals surface area contributed by atoms with Gasteiger partial charge < -0.3 is 10.0 Å². The molecule has 3 heterocycles. The number of rotatable bonds is 3. The van der Waals surface area contributed by atoms with Crippen LogP contribution in [0.5, 0.6) is 0 Å². The van der Waals surface area contributed by atoms with Crippen molar-refractivity contribution in [3.05, 3.63) is 30.1 Å². The number of carboxylic acid groups (broad SMARTS) is 1. The molecule has 3 aliphatic rings. The van der Waals surface area contributed by atoms with Gasteiger partial charge >= 0.3 is 12.1 Å². The molecule has 0 aromatic carbocycles. The Labute approximate surface area is 167 Å². The molecule has 1 aromatic heterocycles. The summed E-state index contributed by atoms with van der Waals surface area (Å²) in [5, 5.41) is 7.12. The molecule has 0 radical (unpaired) electrons. The largest absolute Gasteiger partial charge is 0.490 e. The third-order valence-electron chi connectivity index (χ3n) is 6.02. The summed E-state index contributed by atoms with van der Waals surface area (Å²) in [4.78, 5) is 30.4. The molecule has 1 aromatic rings. The number of amides is 1. The lowest BCUT2D eigenvalue weighted by atomic mass is 9.84. The second-order valence-corrected chi connectivity index (χ2v) is 8.03. The summed E-state index contributed by atoms with van der Waals surface area (Å²) in [7, 11) is 0. The number of aliphatic carboxylic acids is 1. The van der Waals surface area contributed by atoms with Crippen LogP contribution in [0, 0.1) is 5.92 Å². The molecule has 1 N–H and O–H groups in total. The summed E-state index contributed by atoms with van der Waals surface area (Å²) in [5.41, 5.74) is 0.975. The third kappa shape index (κ3) is 5.46. The first kappa shape index (κ1) is 21.5. The van der Waals surface area contributed by atoms with E-state index in [2.05, 4.69) is 9.88 Å². The van der Waals surface area contributed by atoms with Crippen LogP contribution < -0.4 is 0 Å². The highest BCUT2D eigenvalue weighted by Crippen LogP contribution is 2.41. The van der Waals surface area contributed by atoms with Crippen LogP contribution in [0.4, 0.5) is 13.2 Å². The summed E-state index contributed by atoms with van der Waals surface area (Å²) in [6.07, 6.45) is 4.41. The molecular formula is C20H26F3N3O3. The Bertz CT molecular complexity index is 715. The molecule has 0 unspecified atom stereocenters. The molecule has 0 atom stereocenters. The lowest BCUT2D eigenvalue weighted by Crippen LogP contribution is -2.53. The van der Waals surface area contributed by atoms with E-state index in [9.17, 15) is 18.0 Å². The second-order valence-electron chi connectivity index (χ2n) is 8.03. The summed E-state index contributed by atoms with van der Waals surface area (Å²) < 4.78 is 31.7. The van der Waals surface area contributed by atoms with Gasteiger partial charge in [-0.2, -0.15) is 13.2 Å². The van der Waals surface area contributed by atoms with Gasteiger partial charge in [-0.3, -0.25) is 14.7 Å². The Balaban J connectivity index is 0.000000298. The Hall–Kier alpha value is -2.16. The van der Waals surface area contributed by atoms with Crippen LogP contribution in [-0.2, 0) is 4.79 Å². The Kier molecular flexibility index (Phi) is 6.45. The fourth-order valence-electron chi connectivity index (χ4n) is 4.23. The zero-order valence-corrected chi connectivity index (χ0v) is 16.2. The van der Waals surface area contributed by atoms with Crippen molar-refractivity contribution in [3.63, 3.8) is 0 Å². The summed E-state index contributed by atoms with van der Waals surface area (Å²) in [5.74, 6) is -1.70. The van der Waals surface area contributed by atoms with Crippen molar-refractivity contribution in [1.29, 1.82) is 0 Å². The van der Waals surface area contributed by atoms with Gasteiger partial charge in [0.2, 0.25) is 0 Å². The van der Waals surface area contributed by atoms with E-state index in [0.717, 1.165) is 31.8 Å². The van der Waals surface area contributed by atoms with Gasteiger partial charge in [0.1, 0.15) is 5.69 Å². The number of nitrogens with zero attached hydrogens (tertiary/aromatic N) is 3. The van der Waals surface area contributed by atoms with Crippen molar-refractivity contribution < 1.29 is 27.9 Å². The predicted octanol–water partition coefficient (Wildman–Crippen LogP) is 3.20. The maximum absolute atomic E-state index is 12.5. The van der Waals surface area contributed by atoms with Crippen LogP contribution in [0.3, 0.4) is 0 Å². The minimum atomic E-state index is -5.08. The van der Waals surface area contributed by atoms with Crippen molar-refractivity contribution in [2.24, 2.45) is 5.92 Å². The zero-order chi connectivity index (χ0) is 21.1. The Morgan fingerprint density at radius 2 is 1.79 bits per heavy atom. The predicted molar refractivity (Wildman–Crippen MR) is 99.3 cm³/mol. The monoisotopic (exact) mass is 413 g/mol. The van der Waals surface area contributed by atoms with Crippen LogP contribution in [0.15, 0.2) is 24.4 Å². The molecule has 29 heavy (non-hydrogen) atoms.